The third-order valence-electron chi connectivity index (χ3n) is 5.24. The van der Waals surface area contributed by atoms with Crippen LogP contribution in [0.1, 0.15) is 21.7 Å². The highest BCUT2D eigenvalue weighted by atomic mass is 16.6. The van der Waals surface area contributed by atoms with Gasteiger partial charge in [-0.3, -0.25) is 19.7 Å². The van der Waals surface area contributed by atoms with E-state index in [1.54, 1.807) is 7.11 Å². The number of benzene rings is 1. The Morgan fingerprint density at radius 3 is 2.64 bits per heavy atom. The highest BCUT2D eigenvalue weighted by molar-refractivity contribution is 5.94. The Balaban J connectivity index is 1.34. The van der Waals surface area contributed by atoms with Gasteiger partial charge in [0.2, 0.25) is 5.91 Å². The van der Waals surface area contributed by atoms with Gasteiger partial charge in [-0.1, -0.05) is 6.07 Å². The summed E-state index contributed by atoms with van der Waals surface area (Å²) >= 11 is 0. The molecular formula is C19H19N3O6. The Morgan fingerprint density at radius 2 is 1.96 bits per heavy atom. The molecule has 2 aliphatic rings. The van der Waals surface area contributed by atoms with E-state index in [9.17, 15) is 19.7 Å². The first-order valence-corrected chi connectivity index (χ1v) is 8.94. The summed E-state index contributed by atoms with van der Waals surface area (Å²) in [6.45, 7) is 1.76. The van der Waals surface area contributed by atoms with Crippen LogP contribution < -0.4 is 4.74 Å². The van der Waals surface area contributed by atoms with E-state index in [1.807, 2.05) is 23.1 Å². The Kier molecular flexibility index (Phi) is 4.50. The Morgan fingerprint density at radius 1 is 1.18 bits per heavy atom. The molecule has 1 aromatic carbocycles. The maximum atomic E-state index is 12.8. The molecule has 9 heteroatoms. The summed E-state index contributed by atoms with van der Waals surface area (Å²) in [5.74, 6) is -0.415. The van der Waals surface area contributed by atoms with Crippen molar-refractivity contribution >= 4 is 17.7 Å². The largest absolute Gasteiger partial charge is 0.497 e. The minimum absolute atomic E-state index is 0.0240. The number of hydrogen-bond donors (Lipinski definition) is 0. The lowest BCUT2D eigenvalue weighted by Crippen LogP contribution is -2.56. The normalized spacial score (nSPS) is 16.3. The first kappa shape index (κ1) is 18.0. The minimum atomic E-state index is -0.691. The standard InChI is InChI=1S/C19H19N3O6/c1-27-15-3-2-13-9-20(7-6-12(13)8-15)18(23)14-10-21(11-14)19(24)16-4-5-17(28-16)22(25)26/h2-5,8,14H,6-7,9-11H2,1H3. The molecule has 2 amide bonds. The molecule has 0 spiro atoms. The molecule has 0 unspecified atom stereocenters. The lowest BCUT2D eigenvalue weighted by Gasteiger charge is -2.41. The molecule has 28 heavy (non-hydrogen) atoms. The fraction of sp³-hybridized carbons (Fsp3) is 0.368. The molecule has 2 aliphatic heterocycles. The molecule has 0 saturated carbocycles. The predicted octanol–water partition coefficient (Wildman–Crippen LogP) is 1.85. The number of hydrogen-bond acceptors (Lipinski definition) is 6. The lowest BCUT2D eigenvalue weighted by atomic mass is 9.94. The average Bonchev–Trinajstić information content (AvgIpc) is 3.16. The van der Waals surface area contributed by atoms with Gasteiger partial charge in [-0.2, -0.15) is 0 Å². The molecule has 0 atom stereocenters. The molecule has 1 fully saturated rings. The SMILES string of the molecule is COc1ccc2c(c1)CCN(C(=O)C1CN(C(=O)c3ccc([N+](=O)[O-])o3)C1)C2. The van der Waals surface area contributed by atoms with Crippen LogP contribution >= 0.6 is 0 Å². The van der Waals surface area contributed by atoms with Crippen molar-refractivity contribution in [2.75, 3.05) is 26.7 Å². The number of furan rings is 1. The van der Waals surface area contributed by atoms with E-state index in [-0.39, 0.29) is 30.7 Å². The van der Waals surface area contributed by atoms with Gasteiger partial charge in [0.1, 0.15) is 10.7 Å². The topological polar surface area (TPSA) is 106 Å². The monoisotopic (exact) mass is 385 g/mol. The zero-order valence-electron chi connectivity index (χ0n) is 15.3. The number of nitrogens with zero attached hydrogens (tertiary/aromatic N) is 3. The van der Waals surface area contributed by atoms with E-state index in [4.69, 9.17) is 9.15 Å². The summed E-state index contributed by atoms with van der Waals surface area (Å²) in [5, 5.41) is 10.7. The molecule has 2 aromatic rings. The maximum absolute atomic E-state index is 12.8. The molecule has 9 nitrogen and oxygen atoms in total. The molecule has 0 bridgehead atoms. The lowest BCUT2D eigenvalue weighted by molar-refractivity contribution is -0.402. The van der Waals surface area contributed by atoms with Gasteiger partial charge in [-0.25, -0.2) is 0 Å². The fourth-order valence-corrected chi connectivity index (χ4v) is 3.60. The summed E-state index contributed by atoms with van der Waals surface area (Å²) in [5.41, 5.74) is 2.30. The number of methoxy groups -OCH3 is 1. The first-order valence-electron chi connectivity index (χ1n) is 8.94. The van der Waals surface area contributed by atoms with Crippen LogP contribution in [-0.4, -0.2) is 53.3 Å². The van der Waals surface area contributed by atoms with Gasteiger partial charge in [0.15, 0.2) is 5.76 Å². The number of carbonyl (C=O) groups is 2. The van der Waals surface area contributed by atoms with Crippen LogP contribution in [0.25, 0.3) is 0 Å². The second-order valence-electron chi connectivity index (χ2n) is 6.95. The third kappa shape index (κ3) is 3.19. The molecular weight excluding hydrogens is 366 g/mol. The molecule has 4 rings (SSSR count). The van der Waals surface area contributed by atoms with Crippen molar-refractivity contribution < 1.29 is 23.7 Å². The summed E-state index contributed by atoms with van der Waals surface area (Å²) in [6, 6.07) is 8.30. The van der Waals surface area contributed by atoms with Gasteiger partial charge < -0.3 is 19.0 Å². The summed E-state index contributed by atoms with van der Waals surface area (Å²) < 4.78 is 10.2. The number of likely N-dealkylation sites (tertiary alicyclic amines) is 1. The number of carbonyl (C=O) groups excluding carboxylic acids is 2. The number of fused-ring (bicyclic) bond motifs is 1. The highest BCUT2D eigenvalue weighted by Gasteiger charge is 2.40. The summed E-state index contributed by atoms with van der Waals surface area (Å²) in [4.78, 5) is 38.3. The predicted molar refractivity (Wildman–Crippen MR) is 96.9 cm³/mol. The third-order valence-corrected chi connectivity index (χ3v) is 5.24. The van der Waals surface area contributed by atoms with Crippen LogP contribution in [0, 0.1) is 16.0 Å². The molecule has 0 aliphatic carbocycles. The average molecular weight is 385 g/mol. The van der Waals surface area contributed by atoms with Gasteiger partial charge in [0.05, 0.1) is 19.1 Å². The van der Waals surface area contributed by atoms with Crippen LogP contribution in [0.2, 0.25) is 0 Å². The van der Waals surface area contributed by atoms with Crippen LogP contribution in [-0.2, 0) is 17.8 Å². The number of rotatable bonds is 4. The Bertz CT molecular complexity index is 947. The van der Waals surface area contributed by atoms with Gasteiger partial charge in [-0.15, -0.1) is 0 Å². The number of ether oxygens (including phenoxy) is 1. The molecule has 3 heterocycles. The zero-order chi connectivity index (χ0) is 19.8. The van der Waals surface area contributed by atoms with Crippen molar-refractivity contribution in [2.45, 2.75) is 13.0 Å². The summed E-state index contributed by atoms with van der Waals surface area (Å²) in [6.07, 6.45) is 0.768. The van der Waals surface area contributed by atoms with Crippen LogP contribution in [0.3, 0.4) is 0 Å². The van der Waals surface area contributed by atoms with Crippen molar-refractivity contribution in [1.29, 1.82) is 0 Å². The molecule has 0 radical (unpaired) electrons. The second kappa shape index (κ2) is 6.99. The van der Waals surface area contributed by atoms with Crippen molar-refractivity contribution in [3.63, 3.8) is 0 Å². The minimum Gasteiger partial charge on any atom is -0.497 e. The van der Waals surface area contributed by atoms with E-state index in [0.717, 1.165) is 23.8 Å². The van der Waals surface area contributed by atoms with Gasteiger partial charge in [0.25, 0.3) is 5.91 Å². The van der Waals surface area contributed by atoms with E-state index in [2.05, 4.69) is 0 Å². The smallest absolute Gasteiger partial charge is 0.433 e. The van der Waals surface area contributed by atoms with Gasteiger partial charge in [0, 0.05) is 26.2 Å². The van der Waals surface area contributed by atoms with E-state index in [1.165, 1.54) is 16.5 Å². The Hall–Kier alpha value is -3.36. The van der Waals surface area contributed by atoms with Crippen LogP contribution in [0.4, 0.5) is 5.88 Å². The number of amides is 2. The van der Waals surface area contributed by atoms with Crippen molar-refractivity contribution in [3.8, 4) is 5.75 Å². The fourth-order valence-electron chi connectivity index (χ4n) is 3.60. The number of nitro groups is 1. The maximum Gasteiger partial charge on any atom is 0.433 e. The zero-order valence-corrected chi connectivity index (χ0v) is 15.3. The molecule has 1 saturated heterocycles. The highest BCUT2D eigenvalue weighted by Crippen LogP contribution is 2.28. The van der Waals surface area contributed by atoms with Crippen molar-refractivity contribution in [3.05, 3.63) is 57.3 Å². The second-order valence-corrected chi connectivity index (χ2v) is 6.95. The summed E-state index contributed by atoms with van der Waals surface area (Å²) in [7, 11) is 1.63. The van der Waals surface area contributed by atoms with Crippen LogP contribution in [0.5, 0.6) is 5.75 Å². The Labute approximate surface area is 160 Å². The van der Waals surface area contributed by atoms with Crippen molar-refractivity contribution in [1.82, 2.24) is 9.80 Å². The van der Waals surface area contributed by atoms with E-state index >= 15 is 0 Å². The van der Waals surface area contributed by atoms with Crippen molar-refractivity contribution in [2.24, 2.45) is 5.92 Å². The van der Waals surface area contributed by atoms with Gasteiger partial charge >= 0.3 is 5.88 Å². The molecule has 1 aromatic heterocycles. The van der Waals surface area contributed by atoms with Gasteiger partial charge in [-0.05, 0) is 35.7 Å². The van der Waals surface area contributed by atoms with E-state index in [0.29, 0.717) is 13.1 Å². The van der Waals surface area contributed by atoms with E-state index < -0.39 is 16.7 Å². The van der Waals surface area contributed by atoms with Crippen LogP contribution in [0.15, 0.2) is 34.7 Å². The molecule has 0 N–H and O–H groups in total. The quantitative estimate of drug-likeness (QED) is 0.587. The molecule has 146 valence electrons. The first-order chi connectivity index (χ1) is 13.5.